The minimum Gasteiger partial charge on any atom is -0.349 e. The number of carbonyl (C=O) groups excluding carboxylic acids is 2. The highest BCUT2D eigenvalue weighted by Gasteiger charge is 2.33. The van der Waals surface area contributed by atoms with E-state index in [1.807, 2.05) is 52.0 Å². The van der Waals surface area contributed by atoms with Gasteiger partial charge < -0.3 is 10.2 Å². The van der Waals surface area contributed by atoms with Crippen molar-refractivity contribution in [3.63, 3.8) is 0 Å². The number of aromatic nitrogens is 5. The molecular weight excluding hydrogens is 485 g/mol. The van der Waals surface area contributed by atoms with Crippen LogP contribution in [0.1, 0.15) is 43.5 Å². The lowest BCUT2D eigenvalue weighted by atomic mass is 10.0. The third-order valence-electron chi connectivity index (χ3n) is 5.71. The van der Waals surface area contributed by atoms with Crippen LogP contribution in [0.3, 0.4) is 0 Å². The first-order valence-electron chi connectivity index (χ1n) is 12.2. The number of hydrogen-bond acceptors (Lipinski definition) is 6. The van der Waals surface area contributed by atoms with Gasteiger partial charge in [0.05, 0.1) is 0 Å². The molecule has 0 radical (unpaired) electrons. The molecule has 2 amide bonds. The zero-order chi connectivity index (χ0) is 27.3. The van der Waals surface area contributed by atoms with Crippen LogP contribution in [-0.2, 0) is 22.7 Å². The molecule has 1 atom stereocenters. The number of rotatable bonds is 8. The summed E-state index contributed by atoms with van der Waals surface area (Å²) in [7, 11) is 0. The van der Waals surface area contributed by atoms with Gasteiger partial charge in [-0.15, -0.1) is 10.2 Å². The summed E-state index contributed by atoms with van der Waals surface area (Å²) >= 11 is 0. The average molecular weight is 516 g/mol. The Morgan fingerprint density at radius 1 is 1.00 bits per heavy atom. The van der Waals surface area contributed by atoms with Gasteiger partial charge in [0, 0.05) is 30.0 Å². The molecule has 9 nitrogen and oxygen atoms in total. The standard InChI is InChI=1S/C28H30FN7O2/c1-19-5-9-22(10-6-19)26-32-34-36(33-26)18-24(37)35(17-20-7-11-23(29)12-8-20)25(21-13-15-30-16-14-21)27(38)31-28(2,3)4/h5-16,25H,17-18H2,1-4H3,(H,31,38)/t25-/m1/s1. The van der Waals surface area contributed by atoms with Gasteiger partial charge in [0.25, 0.3) is 0 Å². The second-order valence-corrected chi connectivity index (χ2v) is 10.1. The summed E-state index contributed by atoms with van der Waals surface area (Å²) < 4.78 is 13.6. The Hall–Kier alpha value is -4.47. The fourth-order valence-corrected chi connectivity index (χ4v) is 3.91. The smallest absolute Gasteiger partial charge is 0.247 e. The highest BCUT2D eigenvalue weighted by atomic mass is 19.1. The van der Waals surface area contributed by atoms with Gasteiger partial charge in [-0.05, 0) is 68.3 Å². The fourth-order valence-electron chi connectivity index (χ4n) is 3.91. The Balaban J connectivity index is 1.68. The molecule has 2 heterocycles. The molecule has 0 bridgehead atoms. The topological polar surface area (TPSA) is 106 Å². The molecule has 0 aliphatic heterocycles. The largest absolute Gasteiger partial charge is 0.349 e. The molecule has 38 heavy (non-hydrogen) atoms. The fraction of sp³-hybridized carbons (Fsp3) is 0.286. The lowest BCUT2D eigenvalue weighted by molar-refractivity contribution is -0.143. The van der Waals surface area contributed by atoms with Crippen LogP contribution in [0.15, 0.2) is 73.1 Å². The molecule has 0 saturated carbocycles. The van der Waals surface area contributed by atoms with Crippen LogP contribution in [0.4, 0.5) is 4.39 Å². The average Bonchev–Trinajstić information content (AvgIpc) is 3.33. The summed E-state index contributed by atoms with van der Waals surface area (Å²) in [6, 6.07) is 15.9. The summed E-state index contributed by atoms with van der Waals surface area (Å²) in [6.07, 6.45) is 3.14. The first-order valence-corrected chi connectivity index (χ1v) is 12.2. The molecule has 0 unspecified atom stereocenters. The Labute approximate surface area is 220 Å². The van der Waals surface area contributed by atoms with Crippen LogP contribution in [-0.4, -0.2) is 47.4 Å². The van der Waals surface area contributed by atoms with Crippen LogP contribution >= 0.6 is 0 Å². The maximum absolute atomic E-state index is 13.8. The third kappa shape index (κ3) is 6.84. The SMILES string of the molecule is Cc1ccc(-c2nnn(CC(=O)N(Cc3ccc(F)cc3)[C@@H](C(=O)NC(C)(C)C)c3ccncc3)n2)cc1. The number of tetrazole rings is 1. The predicted molar refractivity (Wildman–Crippen MR) is 140 cm³/mol. The third-order valence-corrected chi connectivity index (χ3v) is 5.71. The van der Waals surface area contributed by atoms with Gasteiger partial charge in [-0.2, -0.15) is 4.80 Å². The van der Waals surface area contributed by atoms with Crippen LogP contribution < -0.4 is 5.32 Å². The van der Waals surface area contributed by atoms with Crippen molar-refractivity contribution in [2.75, 3.05) is 0 Å². The van der Waals surface area contributed by atoms with Gasteiger partial charge in [-0.3, -0.25) is 14.6 Å². The van der Waals surface area contributed by atoms with Gasteiger partial charge in [0.2, 0.25) is 17.6 Å². The van der Waals surface area contributed by atoms with E-state index in [2.05, 4.69) is 25.7 Å². The number of aryl methyl sites for hydroxylation is 1. The summed E-state index contributed by atoms with van der Waals surface area (Å²) in [4.78, 5) is 34.1. The Morgan fingerprint density at radius 2 is 1.66 bits per heavy atom. The van der Waals surface area contributed by atoms with E-state index in [-0.39, 0.29) is 19.0 Å². The molecule has 4 aromatic rings. The zero-order valence-electron chi connectivity index (χ0n) is 21.8. The molecule has 0 spiro atoms. The van der Waals surface area contributed by atoms with Gasteiger partial charge >= 0.3 is 0 Å². The van der Waals surface area contributed by atoms with E-state index in [4.69, 9.17) is 0 Å². The summed E-state index contributed by atoms with van der Waals surface area (Å²) in [5.41, 5.74) is 2.59. The van der Waals surface area contributed by atoms with E-state index in [9.17, 15) is 14.0 Å². The lowest BCUT2D eigenvalue weighted by Crippen LogP contribution is -2.49. The Kier molecular flexibility index (Phi) is 7.90. The van der Waals surface area contributed by atoms with Crippen molar-refractivity contribution in [2.45, 2.75) is 52.4 Å². The molecule has 0 saturated heterocycles. The molecule has 10 heteroatoms. The van der Waals surface area contributed by atoms with E-state index < -0.39 is 23.3 Å². The van der Waals surface area contributed by atoms with Gasteiger partial charge in [-0.25, -0.2) is 4.39 Å². The summed E-state index contributed by atoms with van der Waals surface area (Å²) in [6.45, 7) is 7.40. The monoisotopic (exact) mass is 515 g/mol. The van der Waals surface area contributed by atoms with E-state index in [1.54, 1.807) is 36.7 Å². The minimum absolute atomic E-state index is 0.0587. The van der Waals surface area contributed by atoms with Crippen molar-refractivity contribution < 1.29 is 14.0 Å². The highest BCUT2D eigenvalue weighted by molar-refractivity contribution is 5.89. The van der Waals surface area contributed by atoms with E-state index in [0.29, 0.717) is 17.0 Å². The van der Waals surface area contributed by atoms with E-state index in [1.165, 1.54) is 21.8 Å². The first kappa shape index (κ1) is 26.6. The van der Waals surface area contributed by atoms with Gasteiger partial charge in [0.1, 0.15) is 18.4 Å². The zero-order valence-corrected chi connectivity index (χ0v) is 21.8. The first-order chi connectivity index (χ1) is 18.1. The van der Waals surface area contributed by atoms with Gasteiger partial charge in [0.15, 0.2) is 0 Å². The quantitative estimate of drug-likeness (QED) is 0.382. The number of benzene rings is 2. The predicted octanol–water partition coefficient (Wildman–Crippen LogP) is 3.87. The summed E-state index contributed by atoms with van der Waals surface area (Å²) in [5.74, 6) is -0.767. The van der Waals surface area contributed by atoms with Crippen LogP contribution in [0.25, 0.3) is 11.4 Å². The van der Waals surface area contributed by atoms with Crippen molar-refractivity contribution >= 4 is 11.8 Å². The van der Waals surface area contributed by atoms with Crippen molar-refractivity contribution in [3.05, 3.63) is 95.6 Å². The molecule has 0 aliphatic rings. The highest BCUT2D eigenvalue weighted by Crippen LogP contribution is 2.25. The maximum Gasteiger partial charge on any atom is 0.247 e. The molecule has 2 aromatic heterocycles. The molecule has 2 aromatic carbocycles. The second-order valence-electron chi connectivity index (χ2n) is 10.1. The van der Waals surface area contributed by atoms with E-state index >= 15 is 0 Å². The summed E-state index contributed by atoms with van der Waals surface area (Å²) in [5, 5.41) is 15.5. The second kappa shape index (κ2) is 11.3. The van der Waals surface area contributed by atoms with Crippen molar-refractivity contribution in [1.29, 1.82) is 0 Å². The number of amides is 2. The van der Waals surface area contributed by atoms with Crippen molar-refractivity contribution in [1.82, 2.24) is 35.4 Å². The van der Waals surface area contributed by atoms with Crippen LogP contribution in [0.2, 0.25) is 0 Å². The minimum atomic E-state index is -0.977. The van der Waals surface area contributed by atoms with E-state index in [0.717, 1.165) is 11.1 Å². The normalized spacial score (nSPS) is 12.1. The maximum atomic E-state index is 13.8. The lowest BCUT2D eigenvalue weighted by Gasteiger charge is -2.33. The Morgan fingerprint density at radius 3 is 2.29 bits per heavy atom. The van der Waals surface area contributed by atoms with Crippen LogP contribution in [0.5, 0.6) is 0 Å². The number of carbonyl (C=O) groups is 2. The van der Waals surface area contributed by atoms with Crippen molar-refractivity contribution in [2.24, 2.45) is 0 Å². The molecule has 0 aliphatic carbocycles. The molecule has 0 fully saturated rings. The number of halogens is 1. The molecule has 1 N–H and O–H groups in total. The van der Waals surface area contributed by atoms with Crippen LogP contribution in [0, 0.1) is 12.7 Å². The van der Waals surface area contributed by atoms with Crippen molar-refractivity contribution in [3.8, 4) is 11.4 Å². The molecule has 4 rings (SSSR count). The number of hydrogen-bond donors (Lipinski definition) is 1. The number of nitrogens with one attached hydrogen (secondary N) is 1. The number of nitrogens with zero attached hydrogens (tertiary/aromatic N) is 6. The molecule has 196 valence electrons. The Bertz CT molecular complexity index is 1380. The number of pyridine rings is 1. The molecular formula is C28H30FN7O2. The van der Waals surface area contributed by atoms with Gasteiger partial charge in [-0.1, -0.05) is 42.0 Å².